The van der Waals surface area contributed by atoms with E-state index in [1.807, 2.05) is 0 Å². The molecule has 10 heteroatoms. The van der Waals surface area contributed by atoms with Crippen LogP contribution < -0.4 is 9.47 Å². The molecular formula is C15H19F2NO6S. The molecule has 1 fully saturated rings. The van der Waals surface area contributed by atoms with Gasteiger partial charge in [0.2, 0.25) is 0 Å². The third-order valence-electron chi connectivity index (χ3n) is 3.63. The largest absolute Gasteiger partial charge is 0.493 e. The van der Waals surface area contributed by atoms with Gasteiger partial charge in [0.25, 0.3) is 0 Å². The van der Waals surface area contributed by atoms with Crippen LogP contribution in [0.15, 0.2) is 18.2 Å². The lowest BCUT2D eigenvalue weighted by molar-refractivity contribution is -0.146. The molecule has 0 atom stereocenters. The Morgan fingerprint density at radius 2 is 1.92 bits per heavy atom. The van der Waals surface area contributed by atoms with Crippen LogP contribution in [0, 0.1) is 0 Å². The monoisotopic (exact) mass is 379 g/mol. The van der Waals surface area contributed by atoms with Crippen molar-refractivity contribution in [2.45, 2.75) is 13.2 Å². The molecule has 1 heterocycles. The lowest BCUT2D eigenvalue weighted by Gasteiger charge is -2.25. The number of benzene rings is 1. The molecule has 1 aliphatic heterocycles. The number of sulfone groups is 1. The summed E-state index contributed by atoms with van der Waals surface area (Å²) in [5, 5.41) is 0. The highest BCUT2D eigenvalue weighted by atomic mass is 32.2. The topological polar surface area (TPSA) is 82.1 Å². The molecule has 0 aromatic heterocycles. The molecule has 7 nitrogen and oxygen atoms in total. The minimum absolute atomic E-state index is 0.000762. The smallest absolute Gasteiger partial charge is 0.387 e. The van der Waals surface area contributed by atoms with Gasteiger partial charge < -0.3 is 14.2 Å². The van der Waals surface area contributed by atoms with Crippen LogP contribution in [0.1, 0.15) is 5.56 Å². The van der Waals surface area contributed by atoms with Crippen molar-refractivity contribution < 1.29 is 36.2 Å². The number of nitrogens with zero attached hydrogens (tertiary/aromatic N) is 1. The summed E-state index contributed by atoms with van der Waals surface area (Å²) in [6.07, 6.45) is 0. The van der Waals surface area contributed by atoms with Gasteiger partial charge in [-0.3, -0.25) is 9.69 Å². The van der Waals surface area contributed by atoms with Crippen LogP contribution in [0.4, 0.5) is 8.78 Å². The Bertz CT molecular complexity index is 696. The van der Waals surface area contributed by atoms with Gasteiger partial charge in [0, 0.05) is 13.1 Å². The van der Waals surface area contributed by atoms with Crippen LogP contribution in [-0.2, 0) is 26.0 Å². The first kappa shape index (κ1) is 19.4. The number of hydrogen-bond donors (Lipinski definition) is 0. The van der Waals surface area contributed by atoms with E-state index in [2.05, 4.69) is 4.74 Å². The van der Waals surface area contributed by atoms with E-state index in [1.165, 1.54) is 25.3 Å². The predicted octanol–water partition coefficient (Wildman–Crippen LogP) is 1.07. The molecule has 2 rings (SSSR count). The van der Waals surface area contributed by atoms with E-state index in [4.69, 9.17) is 9.47 Å². The van der Waals surface area contributed by atoms with Crippen molar-refractivity contribution in [2.75, 3.05) is 38.2 Å². The molecule has 0 unspecified atom stereocenters. The van der Waals surface area contributed by atoms with Gasteiger partial charge in [-0.25, -0.2) is 8.42 Å². The van der Waals surface area contributed by atoms with Crippen molar-refractivity contribution in [2.24, 2.45) is 0 Å². The highest BCUT2D eigenvalue weighted by Crippen LogP contribution is 2.29. The van der Waals surface area contributed by atoms with Gasteiger partial charge in [-0.2, -0.15) is 8.78 Å². The van der Waals surface area contributed by atoms with Crippen LogP contribution in [0.3, 0.4) is 0 Å². The number of carbonyl (C=O) groups is 1. The fourth-order valence-electron chi connectivity index (χ4n) is 2.30. The summed E-state index contributed by atoms with van der Waals surface area (Å²) in [6.45, 7) is -2.43. The molecule has 0 saturated carbocycles. The van der Waals surface area contributed by atoms with Crippen molar-refractivity contribution in [3.63, 3.8) is 0 Å². The van der Waals surface area contributed by atoms with Gasteiger partial charge in [-0.05, 0) is 17.7 Å². The minimum atomic E-state index is -3.00. The summed E-state index contributed by atoms with van der Waals surface area (Å²) in [4.78, 5) is 13.6. The Morgan fingerprint density at radius 1 is 1.24 bits per heavy atom. The molecule has 0 amide bonds. The van der Waals surface area contributed by atoms with Gasteiger partial charge >= 0.3 is 12.6 Å². The van der Waals surface area contributed by atoms with Crippen molar-refractivity contribution in [3.05, 3.63) is 23.8 Å². The first-order valence-corrected chi connectivity index (χ1v) is 9.31. The van der Waals surface area contributed by atoms with Crippen LogP contribution in [0.25, 0.3) is 0 Å². The fraction of sp³-hybridized carbons (Fsp3) is 0.533. The second-order valence-electron chi connectivity index (χ2n) is 5.45. The van der Waals surface area contributed by atoms with E-state index in [-0.39, 0.29) is 36.2 Å². The van der Waals surface area contributed by atoms with E-state index < -0.39 is 22.4 Å². The second kappa shape index (κ2) is 8.43. The third kappa shape index (κ3) is 6.13. The molecular weight excluding hydrogens is 360 g/mol. The highest BCUT2D eigenvalue weighted by molar-refractivity contribution is 7.91. The summed E-state index contributed by atoms with van der Waals surface area (Å²) in [5.74, 6) is -0.435. The van der Waals surface area contributed by atoms with Crippen molar-refractivity contribution in [1.29, 1.82) is 0 Å². The molecule has 140 valence electrons. The Morgan fingerprint density at radius 3 is 2.52 bits per heavy atom. The molecule has 1 aromatic carbocycles. The van der Waals surface area contributed by atoms with Crippen LogP contribution in [0.5, 0.6) is 11.5 Å². The maximum atomic E-state index is 12.3. The van der Waals surface area contributed by atoms with Gasteiger partial charge in [0.05, 0.1) is 25.2 Å². The summed E-state index contributed by atoms with van der Waals surface area (Å²) in [7, 11) is -1.69. The van der Waals surface area contributed by atoms with E-state index in [0.29, 0.717) is 18.7 Å². The van der Waals surface area contributed by atoms with E-state index in [1.54, 1.807) is 4.90 Å². The third-order valence-corrected chi connectivity index (χ3v) is 5.24. The maximum Gasteiger partial charge on any atom is 0.387 e. The van der Waals surface area contributed by atoms with Gasteiger partial charge in [0.1, 0.15) is 6.61 Å². The Kier molecular flexibility index (Phi) is 6.54. The maximum absolute atomic E-state index is 12.3. The standard InChI is InChI=1S/C15H19F2NO6S/c1-22-13-8-11(2-3-12(13)24-15(16)17)10-23-14(19)9-18-4-6-25(20,21)7-5-18/h2-3,8,15H,4-7,9-10H2,1H3. The van der Waals surface area contributed by atoms with Gasteiger partial charge in [-0.15, -0.1) is 0 Å². The molecule has 0 aliphatic carbocycles. The predicted molar refractivity (Wildman–Crippen MR) is 84.5 cm³/mol. The van der Waals surface area contributed by atoms with Crippen molar-refractivity contribution >= 4 is 15.8 Å². The Labute approximate surface area is 144 Å². The zero-order valence-corrected chi connectivity index (χ0v) is 14.4. The molecule has 1 saturated heterocycles. The van der Waals surface area contributed by atoms with Crippen molar-refractivity contribution in [3.8, 4) is 11.5 Å². The van der Waals surface area contributed by atoms with E-state index in [0.717, 1.165) is 0 Å². The van der Waals surface area contributed by atoms with Gasteiger partial charge in [0.15, 0.2) is 21.3 Å². The summed E-state index contributed by atoms with van der Waals surface area (Å²) in [6, 6.07) is 4.24. The summed E-state index contributed by atoms with van der Waals surface area (Å²) in [5.41, 5.74) is 0.549. The van der Waals surface area contributed by atoms with Crippen molar-refractivity contribution in [1.82, 2.24) is 4.90 Å². The fourth-order valence-corrected chi connectivity index (χ4v) is 3.57. The SMILES string of the molecule is COc1cc(COC(=O)CN2CCS(=O)(=O)CC2)ccc1OC(F)F. The number of alkyl halides is 2. The number of methoxy groups -OCH3 is 1. The first-order chi connectivity index (χ1) is 11.8. The average molecular weight is 379 g/mol. The van der Waals surface area contributed by atoms with Gasteiger partial charge in [-0.1, -0.05) is 6.07 Å². The summed E-state index contributed by atoms with van der Waals surface area (Å²) >= 11 is 0. The van der Waals surface area contributed by atoms with Crippen LogP contribution >= 0.6 is 0 Å². The van der Waals surface area contributed by atoms with E-state index >= 15 is 0 Å². The normalized spacial score (nSPS) is 17.3. The quantitative estimate of drug-likeness (QED) is 0.656. The molecule has 1 aliphatic rings. The number of rotatable bonds is 7. The Balaban J connectivity index is 1.85. The molecule has 0 radical (unpaired) electrons. The zero-order chi connectivity index (χ0) is 18.4. The van der Waals surface area contributed by atoms with Crippen LogP contribution in [0.2, 0.25) is 0 Å². The van der Waals surface area contributed by atoms with Crippen LogP contribution in [-0.4, -0.2) is 64.1 Å². The number of ether oxygens (including phenoxy) is 3. The lowest BCUT2D eigenvalue weighted by atomic mass is 10.2. The number of hydrogen-bond acceptors (Lipinski definition) is 7. The number of carbonyl (C=O) groups excluding carboxylic acids is 1. The zero-order valence-electron chi connectivity index (χ0n) is 13.6. The average Bonchev–Trinajstić information content (AvgIpc) is 2.55. The molecule has 0 bridgehead atoms. The second-order valence-corrected chi connectivity index (χ2v) is 7.76. The molecule has 0 N–H and O–H groups in total. The van der Waals surface area contributed by atoms with E-state index in [9.17, 15) is 22.0 Å². The first-order valence-electron chi connectivity index (χ1n) is 7.49. The Hall–Kier alpha value is -1.94. The number of esters is 1. The minimum Gasteiger partial charge on any atom is -0.493 e. The molecule has 1 aromatic rings. The molecule has 25 heavy (non-hydrogen) atoms. The molecule has 0 spiro atoms. The number of halogens is 2. The summed E-state index contributed by atoms with van der Waals surface area (Å²) < 4.78 is 61.6. The lowest BCUT2D eigenvalue weighted by Crippen LogP contribution is -2.43. The highest BCUT2D eigenvalue weighted by Gasteiger charge is 2.23.